The molecule has 0 spiro atoms. The maximum atomic E-state index is 13.8. The lowest BCUT2D eigenvalue weighted by Gasteiger charge is -2.19. The molecule has 0 fully saturated rings. The highest BCUT2D eigenvalue weighted by atomic mass is 32.2. The molecule has 1 aliphatic rings. The van der Waals surface area contributed by atoms with E-state index in [4.69, 9.17) is 0 Å². The average Bonchev–Trinajstić information content (AvgIpc) is 2.90. The summed E-state index contributed by atoms with van der Waals surface area (Å²) in [6.07, 6.45) is 6.21. The van der Waals surface area contributed by atoms with E-state index >= 15 is 0 Å². The Morgan fingerprint density at radius 2 is 2.04 bits per heavy atom. The van der Waals surface area contributed by atoms with Crippen LogP contribution >= 0.6 is 0 Å². The van der Waals surface area contributed by atoms with Gasteiger partial charge in [-0.05, 0) is 18.9 Å². The number of halogens is 1. The minimum absolute atomic E-state index is 0.00764. The van der Waals surface area contributed by atoms with Crippen molar-refractivity contribution in [1.82, 2.24) is 13.9 Å². The Bertz CT molecular complexity index is 778. The molecule has 2 heterocycles. The molecule has 0 unspecified atom stereocenters. The number of imidazole rings is 1. The quantitative estimate of drug-likeness (QED) is 0.841. The number of sulfonamides is 1. The number of rotatable bonds is 5. The summed E-state index contributed by atoms with van der Waals surface area (Å²) in [4.78, 5) is 4.53. The zero-order valence-electron chi connectivity index (χ0n) is 13.1. The molecule has 0 atom stereocenters. The third-order valence-corrected chi connectivity index (χ3v) is 5.27. The van der Waals surface area contributed by atoms with Crippen LogP contribution in [0.1, 0.15) is 29.9 Å². The minimum atomic E-state index is -3.46. The van der Waals surface area contributed by atoms with E-state index in [0.29, 0.717) is 11.3 Å². The van der Waals surface area contributed by atoms with Crippen LogP contribution in [-0.4, -0.2) is 28.5 Å². The van der Waals surface area contributed by atoms with Gasteiger partial charge in [0.2, 0.25) is 10.0 Å². The largest absolute Gasteiger partial charge is 0.335 e. The predicted octanol–water partition coefficient (Wildman–Crippen LogP) is 2.32. The minimum Gasteiger partial charge on any atom is -0.335 e. The third-order valence-electron chi connectivity index (χ3n) is 4.07. The van der Waals surface area contributed by atoms with E-state index in [0.717, 1.165) is 37.9 Å². The number of fused-ring (bicyclic) bond motifs is 1. The highest BCUT2D eigenvalue weighted by molar-refractivity contribution is 7.88. The Morgan fingerprint density at radius 3 is 2.74 bits per heavy atom. The van der Waals surface area contributed by atoms with E-state index in [1.54, 1.807) is 18.2 Å². The van der Waals surface area contributed by atoms with Crippen LogP contribution in [0.3, 0.4) is 0 Å². The maximum absolute atomic E-state index is 13.8. The first-order valence-electron chi connectivity index (χ1n) is 7.67. The second-order valence-electron chi connectivity index (χ2n) is 5.92. The lowest BCUT2D eigenvalue weighted by molar-refractivity contribution is 0.394. The van der Waals surface area contributed by atoms with Gasteiger partial charge in [0.15, 0.2) is 0 Å². The van der Waals surface area contributed by atoms with Gasteiger partial charge in [0, 0.05) is 31.3 Å². The molecule has 1 aliphatic heterocycles. The van der Waals surface area contributed by atoms with Crippen molar-refractivity contribution in [2.45, 2.75) is 38.9 Å². The summed E-state index contributed by atoms with van der Waals surface area (Å²) in [6, 6.07) is 6.23. The monoisotopic (exact) mass is 337 g/mol. The Labute approximate surface area is 135 Å². The number of hydrogen-bond acceptors (Lipinski definition) is 3. The van der Waals surface area contributed by atoms with E-state index in [9.17, 15) is 12.8 Å². The van der Waals surface area contributed by atoms with Crippen molar-refractivity contribution in [3.63, 3.8) is 0 Å². The van der Waals surface area contributed by atoms with Crippen molar-refractivity contribution < 1.29 is 12.8 Å². The molecule has 5 nitrogen and oxygen atoms in total. The molecule has 124 valence electrons. The van der Waals surface area contributed by atoms with E-state index in [-0.39, 0.29) is 13.1 Å². The molecule has 23 heavy (non-hydrogen) atoms. The molecule has 0 amide bonds. The van der Waals surface area contributed by atoms with Gasteiger partial charge in [-0.2, -0.15) is 4.31 Å². The standard InChI is InChI=1S/C16H20FN3O2S/c1-23(21,22)20(10-13-6-2-3-7-15(13)17)12-14-11-19-9-5-4-8-16(19)18-14/h2-3,6-7,11H,4-5,8-10,12H2,1H3. The number of aryl methyl sites for hydroxylation is 2. The molecule has 0 bridgehead atoms. The summed E-state index contributed by atoms with van der Waals surface area (Å²) in [7, 11) is -3.46. The zero-order valence-corrected chi connectivity index (χ0v) is 13.9. The van der Waals surface area contributed by atoms with E-state index in [2.05, 4.69) is 9.55 Å². The molecule has 0 radical (unpaired) electrons. The number of benzene rings is 1. The predicted molar refractivity (Wildman–Crippen MR) is 85.7 cm³/mol. The fourth-order valence-corrected chi connectivity index (χ4v) is 3.58. The van der Waals surface area contributed by atoms with Gasteiger partial charge in [0.05, 0.1) is 18.5 Å². The van der Waals surface area contributed by atoms with E-state index < -0.39 is 15.8 Å². The Kier molecular flexibility index (Phi) is 4.50. The van der Waals surface area contributed by atoms with Crippen LogP contribution in [0.15, 0.2) is 30.5 Å². The maximum Gasteiger partial charge on any atom is 0.211 e. The zero-order chi connectivity index (χ0) is 16.4. The molecular weight excluding hydrogens is 317 g/mol. The third kappa shape index (κ3) is 3.79. The molecule has 0 saturated heterocycles. The summed E-state index contributed by atoms with van der Waals surface area (Å²) < 4.78 is 41.3. The first kappa shape index (κ1) is 16.1. The molecule has 1 aromatic heterocycles. The van der Waals surface area contributed by atoms with Crippen molar-refractivity contribution >= 4 is 10.0 Å². The summed E-state index contributed by atoms with van der Waals surface area (Å²) in [5.74, 6) is 0.607. The van der Waals surface area contributed by atoms with Gasteiger partial charge in [0.1, 0.15) is 11.6 Å². The summed E-state index contributed by atoms with van der Waals surface area (Å²) in [5, 5.41) is 0. The average molecular weight is 337 g/mol. The second-order valence-corrected chi connectivity index (χ2v) is 7.90. The molecule has 1 aromatic carbocycles. The fraction of sp³-hybridized carbons (Fsp3) is 0.438. The Hall–Kier alpha value is -1.73. The van der Waals surface area contributed by atoms with Gasteiger partial charge in [-0.15, -0.1) is 0 Å². The van der Waals surface area contributed by atoms with Crippen LogP contribution in [0.5, 0.6) is 0 Å². The Balaban J connectivity index is 1.83. The normalized spacial score (nSPS) is 14.9. The first-order chi connectivity index (χ1) is 10.9. The van der Waals surface area contributed by atoms with Gasteiger partial charge in [-0.25, -0.2) is 17.8 Å². The first-order valence-corrected chi connectivity index (χ1v) is 9.52. The van der Waals surface area contributed by atoms with Crippen LogP contribution < -0.4 is 0 Å². The van der Waals surface area contributed by atoms with Gasteiger partial charge in [-0.3, -0.25) is 0 Å². The fourth-order valence-electron chi connectivity index (χ4n) is 2.84. The van der Waals surface area contributed by atoms with Crippen molar-refractivity contribution in [2.24, 2.45) is 0 Å². The van der Waals surface area contributed by atoms with Gasteiger partial charge in [0.25, 0.3) is 0 Å². The van der Waals surface area contributed by atoms with Gasteiger partial charge in [-0.1, -0.05) is 18.2 Å². The molecule has 7 heteroatoms. The molecule has 0 N–H and O–H groups in total. The van der Waals surface area contributed by atoms with Crippen molar-refractivity contribution in [2.75, 3.05) is 6.26 Å². The van der Waals surface area contributed by atoms with Crippen LogP contribution in [-0.2, 0) is 36.1 Å². The smallest absolute Gasteiger partial charge is 0.211 e. The Morgan fingerprint density at radius 1 is 1.26 bits per heavy atom. The number of aromatic nitrogens is 2. The molecule has 2 aromatic rings. The molecule has 0 saturated carbocycles. The van der Waals surface area contributed by atoms with Gasteiger partial charge >= 0.3 is 0 Å². The van der Waals surface area contributed by atoms with Crippen LogP contribution in [0, 0.1) is 5.82 Å². The second kappa shape index (κ2) is 6.41. The lowest BCUT2D eigenvalue weighted by Crippen LogP contribution is -2.29. The highest BCUT2D eigenvalue weighted by Gasteiger charge is 2.21. The number of hydrogen-bond donors (Lipinski definition) is 0. The topological polar surface area (TPSA) is 55.2 Å². The van der Waals surface area contributed by atoms with Gasteiger partial charge < -0.3 is 4.57 Å². The summed E-state index contributed by atoms with van der Waals surface area (Å²) in [6.45, 7) is 1.09. The summed E-state index contributed by atoms with van der Waals surface area (Å²) >= 11 is 0. The molecule has 3 rings (SSSR count). The van der Waals surface area contributed by atoms with Crippen LogP contribution in [0.2, 0.25) is 0 Å². The molecular formula is C16H20FN3O2S. The van der Waals surface area contributed by atoms with Crippen LogP contribution in [0.25, 0.3) is 0 Å². The molecule has 0 aliphatic carbocycles. The SMILES string of the molecule is CS(=O)(=O)N(Cc1cn2c(n1)CCCC2)Cc1ccccc1F. The number of nitrogens with zero attached hydrogens (tertiary/aromatic N) is 3. The highest BCUT2D eigenvalue weighted by Crippen LogP contribution is 2.18. The summed E-state index contributed by atoms with van der Waals surface area (Å²) in [5.41, 5.74) is 1.07. The lowest BCUT2D eigenvalue weighted by atomic mass is 10.2. The van der Waals surface area contributed by atoms with Crippen LogP contribution in [0.4, 0.5) is 4.39 Å². The van der Waals surface area contributed by atoms with Crippen molar-refractivity contribution in [1.29, 1.82) is 0 Å². The van der Waals surface area contributed by atoms with E-state index in [1.165, 1.54) is 10.4 Å². The van der Waals surface area contributed by atoms with E-state index in [1.807, 2.05) is 6.20 Å². The van der Waals surface area contributed by atoms with Crippen molar-refractivity contribution in [3.05, 3.63) is 53.4 Å². The van der Waals surface area contributed by atoms with Crippen molar-refractivity contribution in [3.8, 4) is 0 Å².